The van der Waals surface area contributed by atoms with E-state index in [2.05, 4.69) is 21.7 Å². The van der Waals surface area contributed by atoms with Crippen LogP contribution >= 0.6 is 11.3 Å². The van der Waals surface area contributed by atoms with Crippen LogP contribution in [0.2, 0.25) is 0 Å². The molecular weight excluding hydrogens is 384 g/mol. The molecule has 0 radical (unpaired) electrons. The second-order valence-electron chi connectivity index (χ2n) is 6.89. The quantitative estimate of drug-likeness (QED) is 0.427. The molecule has 0 saturated carbocycles. The summed E-state index contributed by atoms with van der Waals surface area (Å²) in [5.41, 5.74) is 3.91. The number of aryl methyl sites for hydroxylation is 2. The monoisotopic (exact) mass is 406 g/mol. The maximum Gasteiger partial charge on any atom is 0.311 e. The lowest BCUT2D eigenvalue weighted by atomic mass is 10.2. The molecule has 0 aliphatic rings. The molecule has 0 saturated heterocycles. The molecule has 0 aliphatic carbocycles. The lowest BCUT2D eigenvalue weighted by molar-refractivity contribution is -0.144. The summed E-state index contributed by atoms with van der Waals surface area (Å²) < 4.78 is 13.0. The molecule has 29 heavy (non-hydrogen) atoms. The Morgan fingerprint density at radius 1 is 1.17 bits per heavy atom. The zero-order valence-electron chi connectivity index (χ0n) is 16.6. The molecule has 2 heterocycles. The van der Waals surface area contributed by atoms with Crippen molar-refractivity contribution in [3.05, 3.63) is 70.9 Å². The van der Waals surface area contributed by atoms with Gasteiger partial charge in [0.1, 0.15) is 17.4 Å². The van der Waals surface area contributed by atoms with Crippen molar-refractivity contribution in [2.45, 2.75) is 20.0 Å². The van der Waals surface area contributed by atoms with Crippen molar-refractivity contribution in [2.75, 3.05) is 7.11 Å². The van der Waals surface area contributed by atoms with Gasteiger partial charge in [0.05, 0.1) is 24.8 Å². The SMILES string of the molecule is COc1ccccc1-c1nc(C)c(CC(=O)OCc2ccc3c(ccn3C)c2)s1. The van der Waals surface area contributed by atoms with Crippen molar-refractivity contribution >= 4 is 28.2 Å². The molecular formula is C23H22N2O3S. The van der Waals surface area contributed by atoms with Crippen molar-refractivity contribution in [2.24, 2.45) is 7.05 Å². The molecule has 0 atom stereocenters. The van der Waals surface area contributed by atoms with Crippen LogP contribution in [-0.2, 0) is 29.6 Å². The summed E-state index contributed by atoms with van der Waals surface area (Å²) in [6, 6.07) is 15.9. The number of benzene rings is 2. The van der Waals surface area contributed by atoms with Gasteiger partial charge in [-0.3, -0.25) is 4.79 Å². The summed E-state index contributed by atoms with van der Waals surface area (Å²) >= 11 is 1.50. The Kier molecular flexibility index (Phi) is 5.36. The van der Waals surface area contributed by atoms with Gasteiger partial charge >= 0.3 is 5.97 Å². The first kappa shape index (κ1) is 19.2. The highest BCUT2D eigenvalue weighted by molar-refractivity contribution is 7.15. The van der Waals surface area contributed by atoms with Crippen molar-refractivity contribution < 1.29 is 14.3 Å². The van der Waals surface area contributed by atoms with Crippen LogP contribution in [0.5, 0.6) is 5.75 Å². The molecule has 0 spiro atoms. The van der Waals surface area contributed by atoms with Crippen LogP contribution in [0.3, 0.4) is 0 Å². The Labute approximate surface area is 173 Å². The molecule has 0 amide bonds. The third kappa shape index (κ3) is 4.03. The van der Waals surface area contributed by atoms with Gasteiger partial charge in [-0.25, -0.2) is 4.98 Å². The zero-order chi connectivity index (χ0) is 20.4. The van der Waals surface area contributed by atoms with Crippen molar-refractivity contribution in [1.29, 1.82) is 0 Å². The van der Waals surface area contributed by atoms with Crippen LogP contribution in [0.1, 0.15) is 16.1 Å². The summed E-state index contributed by atoms with van der Waals surface area (Å²) in [5, 5.41) is 1.98. The average molecular weight is 407 g/mol. The first-order valence-electron chi connectivity index (χ1n) is 9.34. The highest BCUT2D eigenvalue weighted by atomic mass is 32.1. The Morgan fingerprint density at radius 2 is 2.00 bits per heavy atom. The molecule has 0 N–H and O–H groups in total. The molecule has 0 aliphatic heterocycles. The van der Waals surface area contributed by atoms with Gasteiger partial charge in [-0.2, -0.15) is 0 Å². The smallest absolute Gasteiger partial charge is 0.311 e. The van der Waals surface area contributed by atoms with E-state index in [0.717, 1.165) is 43.4 Å². The second kappa shape index (κ2) is 8.09. The van der Waals surface area contributed by atoms with E-state index < -0.39 is 0 Å². The van der Waals surface area contributed by atoms with E-state index in [9.17, 15) is 4.79 Å². The number of esters is 1. The van der Waals surface area contributed by atoms with E-state index in [-0.39, 0.29) is 19.0 Å². The number of hydrogen-bond donors (Lipinski definition) is 0. The highest BCUT2D eigenvalue weighted by Crippen LogP contribution is 2.34. The number of rotatable bonds is 6. The number of para-hydroxylation sites is 1. The number of methoxy groups -OCH3 is 1. The second-order valence-corrected chi connectivity index (χ2v) is 7.97. The fourth-order valence-corrected chi connectivity index (χ4v) is 4.37. The summed E-state index contributed by atoms with van der Waals surface area (Å²) in [6.07, 6.45) is 2.23. The van der Waals surface area contributed by atoms with Gasteiger partial charge in [0.2, 0.25) is 0 Å². The van der Waals surface area contributed by atoms with Gasteiger partial charge < -0.3 is 14.0 Å². The predicted octanol–water partition coefficient (Wildman–Crippen LogP) is 4.90. The highest BCUT2D eigenvalue weighted by Gasteiger charge is 2.16. The Balaban J connectivity index is 1.43. The van der Waals surface area contributed by atoms with E-state index >= 15 is 0 Å². The number of ether oxygens (including phenoxy) is 2. The van der Waals surface area contributed by atoms with E-state index in [1.807, 2.05) is 56.6 Å². The lowest BCUT2D eigenvalue weighted by Crippen LogP contribution is -2.07. The molecule has 4 rings (SSSR count). The van der Waals surface area contributed by atoms with E-state index in [1.165, 1.54) is 11.3 Å². The summed E-state index contributed by atoms with van der Waals surface area (Å²) in [4.78, 5) is 17.9. The first-order valence-corrected chi connectivity index (χ1v) is 10.2. The van der Waals surface area contributed by atoms with E-state index in [4.69, 9.17) is 9.47 Å². The van der Waals surface area contributed by atoms with Gasteiger partial charge in [-0.15, -0.1) is 11.3 Å². The third-order valence-corrected chi connectivity index (χ3v) is 6.08. The molecule has 4 aromatic rings. The molecule has 5 nitrogen and oxygen atoms in total. The van der Waals surface area contributed by atoms with E-state index in [0.29, 0.717) is 0 Å². The lowest BCUT2D eigenvalue weighted by Gasteiger charge is -2.05. The number of carbonyl (C=O) groups is 1. The number of nitrogens with zero attached hydrogens (tertiary/aromatic N) is 2. The van der Waals surface area contributed by atoms with Gasteiger partial charge in [0.15, 0.2) is 0 Å². The number of aromatic nitrogens is 2. The number of hydrogen-bond acceptors (Lipinski definition) is 5. The molecule has 2 aromatic carbocycles. The number of fused-ring (bicyclic) bond motifs is 1. The average Bonchev–Trinajstić information content (AvgIpc) is 3.28. The minimum Gasteiger partial charge on any atom is -0.496 e. The minimum atomic E-state index is -0.253. The Bertz CT molecular complexity index is 1180. The van der Waals surface area contributed by atoms with Gasteiger partial charge in [0.25, 0.3) is 0 Å². The first-order chi connectivity index (χ1) is 14.0. The summed E-state index contributed by atoms with van der Waals surface area (Å²) in [5.74, 6) is 0.517. The van der Waals surface area contributed by atoms with Crippen LogP contribution in [0.25, 0.3) is 21.5 Å². The topological polar surface area (TPSA) is 53.4 Å². The van der Waals surface area contributed by atoms with Crippen LogP contribution < -0.4 is 4.74 Å². The van der Waals surface area contributed by atoms with E-state index in [1.54, 1.807) is 7.11 Å². The van der Waals surface area contributed by atoms with Crippen LogP contribution in [0.4, 0.5) is 0 Å². The third-order valence-electron chi connectivity index (χ3n) is 4.88. The van der Waals surface area contributed by atoms with Crippen molar-refractivity contribution in [1.82, 2.24) is 9.55 Å². The molecule has 2 aromatic heterocycles. The molecule has 0 bridgehead atoms. The van der Waals surface area contributed by atoms with Crippen LogP contribution in [-0.4, -0.2) is 22.6 Å². The maximum absolute atomic E-state index is 12.4. The number of carbonyl (C=O) groups excluding carboxylic acids is 1. The van der Waals surface area contributed by atoms with Gasteiger partial charge in [0, 0.05) is 23.6 Å². The maximum atomic E-state index is 12.4. The normalized spacial score (nSPS) is 11.0. The molecule has 148 valence electrons. The Hall–Kier alpha value is -3.12. The van der Waals surface area contributed by atoms with Crippen molar-refractivity contribution in [3.8, 4) is 16.3 Å². The van der Waals surface area contributed by atoms with Crippen molar-refractivity contribution in [3.63, 3.8) is 0 Å². The fourth-order valence-electron chi connectivity index (χ4n) is 3.30. The Morgan fingerprint density at radius 3 is 2.83 bits per heavy atom. The number of thiazole rings is 1. The summed E-state index contributed by atoms with van der Waals surface area (Å²) in [6.45, 7) is 2.18. The standard InChI is InChI=1S/C23H22N2O3S/c1-15-21(29-23(24-15)18-6-4-5-7-20(18)27-3)13-22(26)28-14-16-8-9-19-17(12-16)10-11-25(19)2/h4-12H,13-14H2,1-3H3. The molecule has 0 fully saturated rings. The molecule has 6 heteroatoms. The van der Waals surface area contributed by atoms with Crippen LogP contribution in [0, 0.1) is 6.92 Å². The van der Waals surface area contributed by atoms with Crippen LogP contribution in [0.15, 0.2) is 54.7 Å². The molecule has 0 unspecified atom stereocenters. The van der Waals surface area contributed by atoms with Gasteiger partial charge in [-0.05, 0) is 48.2 Å². The zero-order valence-corrected chi connectivity index (χ0v) is 17.5. The fraction of sp³-hybridized carbons (Fsp3) is 0.217. The van der Waals surface area contributed by atoms with Gasteiger partial charge in [-0.1, -0.05) is 18.2 Å². The minimum absolute atomic E-state index is 0.215. The predicted molar refractivity (Wildman–Crippen MR) is 115 cm³/mol. The summed E-state index contributed by atoms with van der Waals surface area (Å²) in [7, 11) is 3.66. The largest absolute Gasteiger partial charge is 0.496 e.